The van der Waals surface area contributed by atoms with Gasteiger partial charge in [-0.25, -0.2) is 8.78 Å². The average Bonchev–Trinajstić information content (AvgIpc) is 2.37. The maximum absolute atomic E-state index is 13.2. The smallest absolute Gasteiger partial charge is 0.196 e. The molecule has 0 saturated carbocycles. The molecule has 2 N–H and O–H groups in total. The molecule has 0 atom stereocenters. The van der Waals surface area contributed by atoms with Crippen LogP contribution in [0.5, 0.6) is 0 Å². The van der Waals surface area contributed by atoms with E-state index in [1.807, 2.05) is 0 Å². The van der Waals surface area contributed by atoms with Crippen molar-refractivity contribution in [3.8, 4) is 0 Å². The fraction of sp³-hybridized carbons (Fsp3) is 0. The molecule has 0 aliphatic carbocycles. The molecule has 0 heterocycles. The molecule has 2 aromatic carbocycles. The SMILES string of the molecule is Nc1cc(Cl)c(Cl)c(C(=O)c2cc(F)c(F)cc2Cl)c1. The number of halogens is 5. The first kappa shape index (κ1) is 15.0. The number of nitrogens with two attached hydrogens (primary N) is 1. The van der Waals surface area contributed by atoms with E-state index in [0.717, 1.165) is 0 Å². The van der Waals surface area contributed by atoms with Crippen molar-refractivity contribution < 1.29 is 13.6 Å². The van der Waals surface area contributed by atoms with Gasteiger partial charge in [0, 0.05) is 16.8 Å². The third-order valence-corrected chi connectivity index (χ3v) is 3.66. The summed E-state index contributed by atoms with van der Waals surface area (Å²) >= 11 is 17.5. The van der Waals surface area contributed by atoms with Crippen LogP contribution in [0.15, 0.2) is 24.3 Å². The predicted octanol–water partition coefficient (Wildman–Crippen LogP) is 4.74. The number of benzene rings is 2. The summed E-state index contributed by atoms with van der Waals surface area (Å²) in [5, 5.41) is -0.191. The van der Waals surface area contributed by atoms with E-state index in [-0.39, 0.29) is 31.9 Å². The van der Waals surface area contributed by atoms with Gasteiger partial charge in [-0.15, -0.1) is 0 Å². The van der Waals surface area contributed by atoms with Gasteiger partial charge in [-0.3, -0.25) is 4.79 Å². The summed E-state index contributed by atoms with van der Waals surface area (Å²) in [5.41, 5.74) is 5.52. The molecular weight excluding hydrogens is 331 g/mol. The van der Waals surface area contributed by atoms with Crippen LogP contribution in [0.2, 0.25) is 15.1 Å². The lowest BCUT2D eigenvalue weighted by Crippen LogP contribution is -2.06. The largest absolute Gasteiger partial charge is 0.399 e. The van der Waals surface area contributed by atoms with E-state index in [9.17, 15) is 13.6 Å². The molecule has 0 radical (unpaired) electrons. The van der Waals surface area contributed by atoms with Crippen LogP contribution in [0.25, 0.3) is 0 Å². The van der Waals surface area contributed by atoms with Crippen LogP contribution in [-0.4, -0.2) is 5.78 Å². The number of anilines is 1. The van der Waals surface area contributed by atoms with Gasteiger partial charge in [0.1, 0.15) is 0 Å². The number of hydrogen-bond donors (Lipinski definition) is 1. The van der Waals surface area contributed by atoms with Crippen LogP contribution in [-0.2, 0) is 0 Å². The Morgan fingerprint density at radius 1 is 0.900 bits per heavy atom. The van der Waals surface area contributed by atoms with Crippen molar-refractivity contribution in [2.75, 3.05) is 5.73 Å². The molecule has 0 spiro atoms. The minimum atomic E-state index is -1.19. The monoisotopic (exact) mass is 335 g/mol. The average molecular weight is 337 g/mol. The first-order chi connectivity index (χ1) is 9.31. The molecule has 2 aromatic rings. The van der Waals surface area contributed by atoms with Crippen LogP contribution in [0.1, 0.15) is 15.9 Å². The number of carbonyl (C=O) groups is 1. The van der Waals surface area contributed by atoms with Crippen molar-refractivity contribution in [1.29, 1.82) is 0 Å². The van der Waals surface area contributed by atoms with E-state index < -0.39 is 17.4 Å². The van der Waals surface area contributed by atoms with Gasteiger partial charge >= 0.3 is 0 Å². The molecule has 0 aliphatic heterocycles. The Morgan fingerprint density at radius 3 is 2.15 bits per heavy atom. The molecule has 0 saturated heterocycles. The van der Waals surface area contributed by atoms with Crippen LogP contribution in [0.4, 0.5) is 14.5 Å². The quantitative estimate of drug-likeness (QED) is 0.489. The lowest BCUT2D eigenvalue weighted by Gasteiger charge is -2.08. The van der Waals surface area contributed by atoms with E-state index in [1.54, 1.807) is 0 Å². The number of carbonyl (C=O) groups excluding carboxylic acids is 1. The van der Waals surface area contributed by atoms with Gasteiger partial charge in [-0.2, -0.15) is 0 Å². The lowest BCUT2D eigenvalue weighted by molar-refractivity contribution is 0.103. The summed E-state index contributed by atoms with van der Waals surface area (Å²) < 4.78 is 26.2. The zero-order chi connectivity index (χ0) is 15.0. The van der Waals surface area contributed by atoms with Crippen LogP contribution < -0.4 is 5.73 Å². The van der Waals surface area contributed by atoms with E-state index in [1.165, 1.54) is 12.1 Å². The second kappa shape index (κ2) is 5.56. The number of rotatable bonds is 2. The molecule has 0 amide bonds. The Kier molecular flexibility index (Phi) is 4.18. The van der Waals surface area contributed by atoms with Crippen molar-refractivity contribution in [2.24, 2.45) is 0 Å². The lowest BCUT2D eigenvalue weighted by atomic mass is 10.0. The first-order valence-electron chi connectivity index (χ1n) is 5.25. The van der Waals surface area contributed by atoms with Gasteiger partial charge in [-0.05, 0) is 24.3 Å². The van der Waals surface area contributed by atoms with E-state index >= 15 is 0 Å². The number of nitrogen functional groups attached to an aromatic ring is 1. The van der Waals surface area contributed by atoms with E-state index in [0.29, 0.717) is 12.1 Å². The zero-order valence-corrected chi connectivity index (χ0v) is 12.0. The van der Waals surface area contributed by atoms with Crippen molar-refractivity contribution in [3.05, 3.63) is 62.1 Å². The Hall–Kier alpha value is -1.36. The van der Waals surface area contributed by atoms with Gasteiger partial charge in [0.25, 0.3) is 0 Å². The Morgan fingerprint density at radius 2 is 1.50 bits per heavy atom. The van der Waals surface area contributed by atoms with Gasteiger partial charge in [-0.1, -0.05) is 34.8 Å². The van der Waals surface area contributed by atoms with Crippen molar-refractivity contribution in [2.45, 2.75) is 0 Å². The standard InChI is InChI=1S/C13H6Cl3F2NO/c14-8-4-11(18)10(17)3-6(8)13(20)7-1-5(19)2-9(15)12(7)16/h1-4H,19H2. The summed E-state index contributed by atoms with van der Waals surface area (Å²) in [5.74, 6) is -3.04. The summed E-state index contributed by atoms with van der Waals surface area (Å²) in [7, 11) is 0. The van der Waals surface area contributed by atoms with Gasteiger partial charge in [0.15, 0.2) is 17.4 Å². The van der Waals surface area contributed by atoms with Gasteiger partial charge in [0.2, 0.25) is 0 Å². The second-order valence-electron chi connectivity index (χ2n) is 3.94. The second-order valence-corrected chi connectivity index (χ2v) is 5.13. The molecule has 0 bridgehead atoms. The minimum Gasteiger partial charge on any atom is -0.399 e. The molecule has 104 valence electrons. The highest BCUT2D eigenvalue weighted by atomic mass is 35.5. The molecule has 20 heavy (non-hydrogen) atoms. The fourth-order valence-corrected chi connectivity index (χ4v) is 2.28. The molecule has 0 fully saturated rings. The van der Waals surface area contributed by atoms with Crippen molar-refractivity contribution in [1.82, 2.24) is 0 Å². The molecule has 0 aromatic heterocycles. The topological polar surface area (TPSA) is 43.1 Å². The molecule has 7 heteroatoms. The summed E-state index contributed by atoms with van der Waals surface area (Å²) in [6.07, 6.45) is 0. The highest BCUT2D eigenvalue weighted by molar-refractivity contribution is 6.45. The minimum absolute atomic E-state index is 0.0355. The van der Waals surface area contributed by atoms with E-state index in [4.69, 9.17) is 40.5 Å². The third kappa shape index (κ3) is 2.73. The van der Waals surface area contributed by atoms with Crippen molar-refractivity contribution >= 4 is 46.3 Å². The van der Waals surface area contributed by atoms with Crippen LogP contribution in [0, 0.1) is 11.6 Å². The first-order valence-corrected chi connectivity index (χ1v) is 6.38. The normalized spacial score (nSPS) is 10.7. The summed E-state index contributed by atoms with van der Waals surface area (Å²) in [6.45, 7) is 0. The molecular formula is C13H6Cl3F2NO. The molecule has 2 nitrogen and oxygen atoms in total. The molecule has 0 unspecified atom stereocenters. The number of ketones is 1. The highest BCUT2D eigenvalue weighted by Gasteiger charge is 2.20. The van der Waals surface area contributed by atoms with Crippen LogP contribution in [0.3, 0.4) is 0 Å². The highest BCUT2D eigenvalue weighted by Crippen LogP contribution is 2.32. The zero-order valence-electron chi connectivity index (χ0n) is 9.68. The third-order valence-electron chi connectivity index (χ3n) is 2.55. The molecule has 2 rings (SSSR count). The summed E-state index contributed by atoms with van der Waals surface area (Å²) in [4.78, 5) is 12.3. The maximum Gasteiger partial charge on any atom is 0.196 e. The maximum atomic E-state index is 13.2. The Bertz CT molecular complexity index is 719. The number of hydrogen-bond acceptors (Lipinski definition) is 2. The van der Waals surface area contributed by atoms with Crippen molar-refractivity contribution in [3.63, 3.8) is 0 Å². The van der Waals surface area contributed by atoms with E-state index in [2.05, 4.69) is 0 Å². The van der Waals surface area contributed by atoms with Gasteiger partial charge in [0.05, 0.1) is 15.1 Å². The summed E-state index contributed by atoms with van der Waals surface area (Å²) in [6, 6.07) is 4.07. The van der Waals surface area contributed by atoms with Gasteiger partial charge < -0.3 is 5.73 Å². The molecule has 0 aliphatic rings. The van der Waals surface area contributed by atoms with Crippen LogP contribution >= 0.6 is 34.8 Å². The fourth-order valence-electron chi connectivity index (χ4n) is 1.62. The Balaban J connectivity index is 2.60. The Labute approximate surface area is 128 Å². The predicted molar refractivity (Wildman–Crippen MR) is 75.7 cm³/mol.